The smallest absolute Gasteiger partial charge is 0.413 e. The molecule has 3 N–H and O–H groups in total. The molecule has 1 aromatic heterocycles. The molecule has 214 valence electrons. The van der Waals surface area contributed by atoms with Crippen molar-refractivity contribution in [2.45, 2.75) is 81.9 Å². The SMILES string of the molecule is CC(C)SC(=O)[C@H](C)NP(=O)(OC[C@H]1OC(n2ccc(=O)[nH]c2=O)[C@](C)(F)[C@@H]1O)Oc1ccc(C2CC2)cc1. The molecule has 0 bridgehead atoms. The maximum Gasteiger partial charge on any atom is 0.459 e. The lowest BCUT2D eigenvalue weighted by Crippen LogP contribution is -2.43. The Morgan fingerprint density at radius 3 is 2.54 bits per heavy atom. The van der Waals surface area contributed by atoms with Gasteiger partial charge >= 0.3 is 13.4 Å². The Kier molecular flexibility index (Phi) is 8.89. The van der Waals surface area contributed by atoms with Gasteiger partial charge in [0.25, 0.3) is 5.56 Å². The number of alkyl halides is 1. The van der Waals surface area contributed by atoms with Gasteiger partial charge in [-0.1, -0.05) is 37.7 Å². The molecule has 39 heavy (non-hydrogen) atoms. The molecule has 1 aliphatic carbocycles. The van der Waals surface area contributed by atoms with Gasteiger partial charge in [0.1, 0.15) is 18.0 Å². The van der Waals surface area contributed by atoms with Gasteiger partial charge in [-0.3, -0.25) is 23.7 Å². The van der Waals surface area contributed by atoms with Crippen LogP contribution in [0.3, 0.4) is 0 Å². The van der Waals surface area contributed by atoms with E-state index in [2.05, 4.69) is 5.09 Å². The topological polar surface area (TPSA) is 149 Å². The minimum absolute atomic E-state index is 0.00419. The van der Waals surface area contributed by atoms with Crippen LogP contribution in [0.15, 0.2) is 46.1 Å². The number of nitrogens with one attached hydrogen (secondary N) is 2. The lowest BCUT2D eigenvalue weighted by molar-refractivity contribution is -0.112. The van der Waals surface area contributed by atoms with E-state index in [1.165, 1.54) is 6.92 Å². The lowest BCUT2D eigenvalue weighted by Gasteiger charge is -2.25. The number of hydrogen-bond acceptors (Lipinski definition) is 9. The third-order valence-electron chi connectivity index (χ3n) is 6.44. The predicted molar refractivity (Wildman–Crippen MR) is 144 cm³/mol. The van der Waals surface area contributed by atoms with Crippen molar-refractivity contribution in [3.05, 3.63) is 62.9 Å². The van der Waals surface area contributed by atoms with Crippen LogP contribution < -0.4 is 20.9 Å². The summed E-state index contributed by atoms with van der Waals surface area (Å²) in [4.78, 5) is 38.2. The summed E-state index contributed by atoms with van der Waals surface area (Å²) >= 11 is 1.06. The van der Waals surface area contributed by atoms with Crippen molar-refractivity contribution in [3.63, 3.8) is 0 Å². The molecule has 11 nitrogen and oxygen atoms in total. The first-order valence-electron chi connectivity index (χ1n) is 12.7. The van der Waals surface area contributed by atoms with Gasteiger partial charge in [0.05, 0.1) is 12.6 Å². The van der Waals surface area contributed by atoms with E-state index in [4.69, 9.17) is 13.8 Å². The van der Waals surface area contributed by atoms with E-state index in [1.54, 1.807) is 12.1 Å². The Labute approximate surface area is 229 Å². The van der Waals surface area contributed by atoms with Crippen LogP contribution in [0.4, 0.5) is 4.39 Å². The van der Waals surface area contributed by atoms with Gasteiger partial charge in [0.2, 0.25) is 5.12 Å². The first kappa shape index (κ1) is 29.7. The van der Waals surface area contributed by atoms with Crippen LogP contribution in [0, 0.1) is 0 Å². The number of benzene rings is 1. The summed E-state index contributed by atoms with van der Waals surface area (Å²) in [5.74, 6) is 0.733. The van der Waals surface area contributed by atoms with Gasteiger partial charge in [-0.25, -0.2) is 18.8 Å². The number of ether oxygens (including phenoxy) is 1. The minimum Gasteiger partial charge on any atom is -0.413 e. The van der Waals surface area contributed by atoms with Crippen LogP contribution in [0.2, 0.25) is 0 Å². The number of aromatic nitrogens is 2. The van der Waals surface area contributed by atoms with Gasteiger partial charge in [-0.05, 0) is 50.3 Å². The Bertz CT molecular complexity index is 1340. The fourth-order valence-corrected chi connectivity index (χ4v) is 6.53. The first-order valence-corrected chi connectivity index (χ1v) is 15.1. The molecule has 2 aromatic rings. The van der Waals surface area contributed by atoms with Crippen molar-refractivity contribution >= 4 is 24.6 Å². The highest BCUT2D eigenvalue weighted by atomic mass is 32.2. The van der Waals surface area contributed by atoms with E-state index in [9.17, 15) is 24.1 Å². The van der Waals surface area contributed by atoms with E-state index < -0.39 is 55.7 Å². The highest BCUT2D eigenvalue weighted by molar-refractivity contribution is 8.14. The van der Waals surface area contributed by atoms with Gasteiger partial charge in [0, 0.05) is 17.5 Å². The molecule has 14 heteroatoms. The number of H-pyrrole nitrogens is 1. The Hall–Kier alpha value is -2.28. The number of hydrogen-bond donors (Lipinski definition) is 3. The molecule has 1 saturated heterocycles. The molecule has 2 aliphatic rings. The minimum atomic E-state index is -4.26. The average Bonchev–Trinajstić information content (AvgIpc) is 3.67. The number of aromatic amines is 1. The summed E-state index contributed by atoms with van der Waals surface area (Å²) < 4.78 is 47.1. The summed E-state index contributed by atoms with van der Waals surface area (Å²) in [6, 6.07) is 7.13. The second kappa shape index (κ2) is 11.7. The molecule has 1 saturated carbocycles. The Morgan fingerprint density at radius 2 is 1.95 bits per heavy atom. The van der Waals surface area contributed by atoms with Crippen LogP contribution in [0.25, 0.3) is 0 Å². The van der Waals surface area contributed by atoms with E-state index in [0.29, 0.717) is 5.92 Å². The number of nitrogens with zero attached hydrogens (tertiary/aromatic N) is 1. The molecule has 2 heterocycles. The van der Waals surface area contributed by atoms with Gasteiger partial charge < -0.3 is 14.4 Å². The third-order valence-corrected chi connectivity index (χ3v) is 9.14. The number of thioether (sulfide) groups is 1. The Morgan fingerprint density at radius 1 is 1.28 bits per heavy atom. The largest absolute Gasteiger partial charge is 0.459 e. The standard InChI is InChI=1S/C25H33FN3O8PS/c1-14(2)39-22(32)15(3)28-38(34,37-18-9-7-17(8-10-18)16-5-6-16)35-13-19-21(31)25(4,26)23(36-19)29-12-11-20(30)27-24(29)33/h7-12,14-16,19,21,23,31H,5-6,13H2,1-4H3,(H,28,34)(H,27,30,33)/t15-,19+,21+,23?,25+,38?/m0/s1. The van der Waals surface area contributed by atoms with Gasteiger partial charge in [-0.2, -0.15) is 0 Å². The quantitative estimate of drug-likeness (QED) is 0.336. The average molecular weight is 586 g/mol. The van der Waals surface area contributed by atoms with Crippen molar-refractivity contribution in [1.29, 1.82) is 0 Å². The molecule has 0 amide bonds. The number of aliphatic hydroxyl groups excluding tert-OH is 1. The van der Waals surface area contributed by atoms with Crippen molar-refractivity contribution in [1.82, 2.24) is 14.6 Å². The zero-order valence-electron chi connectivity index (χ0n) is 22.0. The van der Waals surface area contributed by atoms with Crippen molar-refractivity contribution < 1.29 is 32.6 Å². The molecule has 0 radical (unpaired) electrons. The summed E-state index contributed by atoms with van der Waals surface area (Å²) in [5.41, 5.74) is -2.94. The molecule has 1 aliphatic heterocycles. The number of halogens is 1. The zero-order chi connectivity index (χ0) is 28.5. The number of carbonyl (C=O) groups is 1. The molecule has 4 rings (SSSR count). The van der Waals surface area contributed by atoms with Crippen molar-refractivity contribution in [2.75, 3.05) is 6.61 Å². The Balaban J connectivity index is 1.52. The normalized spacial score (nSPS) is 27.3. The monoisotopic (exact) mass is 585 g/mol. The maximum absolute atomic E-state index is 15.6. The third kappa shape index (κ3) is 7.08. The summed E-state index contributed by atoms with van der Waals surface area (Å²) in [6.45, 7) is 5.66. The molecule has 2 fully saturated rings. The van der Waals surface area contributed by atoms with Crippen molar-refractivity contribution in [3.8, 4) is 5.75 Å². The molecular weight excluding hydrogens is 552 g/mol. The number of carbonyl (C=O) groups excluding carboxylic acids is 1. The molecule has 1 aromatic carbocycles. The van der Waals surface area contributed by atoms with E-state index >= 15 is 4.39 Å². The van der Waals surface area contributed by atoms with E-state index in [-0.39, 0.29) is 16.1 Å². The van der Waals surface area contributed by atoms with Crippen LogP contribution in [-0.2, 0) is 18.6 Å². The van der Waals surface area contributed by atoms with Crippen molar-refractivity contribution in [2.24, 2.45) is 0 Å². The molecule has 6 atom stereocenters. The maximum atomic E-state index is 15.6. The summed E-state index contributed by atoms with van der Waals surface area (Å²) in [5, 5.41) is 13.0. The number of aliphatic hydroxyl groups is 1. The van der Waals surface area contributed by atoms with Crippen LogP contribution >= 0.6 is 19.5 Å². The first-order chi connectivity index (χ1) is 18.3. The summed E-state index contributed by atoms with van der Waals surface area (Å²) in [7, 11) is -4.26. The number of rotatable bonds is 11. The molecule has 0 spiro atoms. The van der Waals surface area contributed by atoms with E-state index in [1.807, 2.05) is 31.0 Å². The lowest BCUT2D eigenvalue weighted by atomic mass is 9.98. The second-order valence-corrected chi connectivity index (χ2v) is 13.5. The molecular formula is C25H33FN3O8PS. The zero-order valence-corrected chi connectivity index (χ0v) is 23.7. The van der Waals surface area contributed by atoms with Crippen LogP contribution in [0.5, 0.6) is 5.75 Å². The molecule has 2 unspecified atom stereocenters. The van der Waals surface area contributed by atoms with Gasteiger partial charge in [-0.15, -0.1) is 0 Å². The van der Waals surface area contributed by atoms with Gasteiger partial charge in [0.15, 0.2) is 11.9 Å². The summed E-state index contributed by atoms with van der Waals surface area (Å²) in [6.07, 6.45) is -1.48. The fourth-order valence-electron chi connectivity index (χ4n) is 4.20. The second-order valence-electron chi connectivity index (χ2n) is 10.2. The van der Waals surface area contributed by atoms with Crippen LogP contribution in [-0.4, -0.2) is 55.5 Å². The van der Waals surface area contributed by atoms with Crippen LogP contribution in [0.1, 0.15) is 58.2 Å². The van der Waals surface area contributed by atoms with E-state index in [0.717, 1.165) is 53.9 Å². The fraction of sp³-hybridized carbons (Fsp3) is 0.560. The predicted octanol–water partition coefficient (Wildman–Crippen LogP) is 3.25. The highest BCUT2D eigenvalue weighted by Crippen LogP contribution is 2.48. The highest BCUT2D eigenvalue weighted by Gasteiger charge is 2.56.